The first-order valence-electron chi connectivity index (χ1n) is 6.97. The maximum absolute atomic E-state index is 5.88. The highest BCUT2D eigenvalue weighted by atomic mass is 16.5. The summed E-state index contributed by atoms with van der Waals surface area (Å²) in [5.41, 5.74) is 6.15. The molecule has 0 fully saturated rings. The highest BCUT2D eigenvalue weighted by Gasteiger charge is 2.15. The fourth-order valence-corrected chi connectivity index (χ4v) is 1.65. The molecule has 0 saturated carbocycles. The summed E-state index contributed by atoms with van der Waals surface area (Å²) < 4.78 is 5.74. The number of pyridine rings is 1. The third kappa shape index (κ3) is 6.32. The first-order valence-corrected chi connectivity index (χ1v) is 6.97. The largest absolute Gasteiger partial charge is 0.470 e. The molecule has 19 heavy (non-hydrogen) atoms. The second-order valence-electron chi connectivity index (χ2n) is 6.27. The van der Waals surface area contributed by atoms with Crippen LogP contribution in [0, 0.1) is 5.92 Å². The maximum Gasteiger partial charge on any atom is 0.239 e. The maximum atomic E-state index is 5.88. The molecule has 0 aliphatic rings. The van der Waals surface area contributed by atoms with E-state index in [0.29, 0.717) is 11.6 Å². The van der Waals surface area contributed by atoms with Gasteiger partial charge in [0.2, 0.25) is 5.88 Å². The molecule has 0 bridgehead atoms. The van der Waals surface area contributed by atoms with Crippen LogP contribution < -0.4 is 15.8 Å². The number of ether oxygens (including phenoxy) is 1. The van der Waals surface area contributed by atoms with Gasteiger partial charge in [0.1, 0.15) is 11.4 Å². The molecular formula is C15H27N3O. The topological polar surface area (TPSA) is 60.2 Å². The average molecular weight is 265 g/mol. The van der Waals surface area contributed by atoms with Crippen molar-refractivity contribution in [2.45, 2.75) is 53.1 Å². The molecule has 0 aliphatic carbocycles. The Morgan fingerprint density at radius 1 is 1.32 bits per heavy atom. The Labute approximate surface area is 116 Å². The van der Waals surface area contributed by atoms with Gasteiger partial charge in [0, 0.05) is 6.54 Å². The zero-order valence-electron chi connectivity index (χ0n) is 12.8. The van der Waals surface area contributed by atoms with E-state index < -0.39 is 0 Å². The van der Waals surface area contributed by atoms with Crippen LogP contribution in [0.25, 0.3) is 0 Å². The molecule has 0 aliphatic heterocycles. The fraction of sp³-hybridized carbons (Fsp3) is 0.667. The standard InChI is InChI=1S/C15H27N3O/c1-11(2)7-6-10-17-13-9-8-12(16)14(18-13)19-15(3,4)5/h8-9,11H,6-7,10,16H2,1-5H3,(H,17,18). The predicted octanol–water partition coefficient (Wildman–Crippen LogP) is 3.69. The van der Waals surface area contributed by atoms with E-state index >= 15 is 0 Å². The van der Waals surface area contributed by atoms with Crippen molar-refractivity contribution in [3.8, 4) is 5.88 Å². The molecule has 1 heterocycles. The minimum Gasteiger partial charge on any atom is -0.470 e. The van der Waals surface area contributed by atoms with Crippen molar-refractivity contribution in [3.63, 3.8) is 0 Å². The summed E-state index contributed by atoms with van der Waals surface area (Å²) in [4.78, 5) is 4.42. The number of nitrogens with one attached hydrogen (secondary N) is 1. The number of aromatic nitrogens is 1. The molecule has 0 saturated heterocycles. The Morgan fingerprint density at radius 3 is 2.58 bits per heavy atom. The van der Waals surface area contributed by atoms with Crippen molar-refractivity contribution in [2.75, 3.05) is 17.6 Å². The summed E-state index contributed by atoms with van der Waals surface area (Å²) in [5, 5.41) is 3.31. The second kappa shape index (κ2) is 6.64. The number of hydrogen-bond acceptors (Lipinski definition) is 4. The first-order chi connectivity index (χ1) is 8.78. The smallest absolute Gasteiger partial charge is 0.239 e. The van der Waals surface area contributed by atoms with E-state index in [1.807, 2.05) is 32.9 Å². The first kappa shape index (κ1) is 15.6. The van der Waals surface area contributed by atoms with Gasteiger partial charge >= 0.3 is 0 Å². The van der Waals surface area contributed by atoms with E-state index in [-0.39, 0.29) is 5.60 Å². The number of hydrogen-bond donors (Lipinski definition) is 2. The molecule has 0 radical (unpaired) electrons. The van der Waals surface area contributed by atoms with E-state index in [2.05, 4.69) is 24.1 Å². The SMILES string of the molecule is CC(C)CCCNc1ccc(N)c(OC(C)(C)C)n1. The predicted molar refractivity (Wildman–Crippen MR) is 81.6 cm³/mol. The van der Waals surface area contributed by atoms with Crippen molar-refractivity contribution >= 4 is 11.5 Å². The molecule has 3 N–H and O–H groups in total. The number of nitrogen functional groups attached to an aromatic ring is 1. The van der Waals surface area contributed by atoms with E-state index in [1.54, 1.807) is 0 Å². The van der Waals surface area contributed by atoms with E-state index in [9.17, 15) is 0 Å². The minimum atomic E-state index is -0.294. The summed E-state index contributed by atoms with van der Waals surface area (Å²) in [7, 11) is 0. The number of rotatable bonds is 6. The number of nitrogens with two attached hydrogens (primary N) is 1. The summed E-state index contributed by atoms with van der Waals surface area (Å²) in [6.07, 6.45) is 2.35. The van der Waals surface area contributed by atoms with Crippen LogP contribution in [0.1, 0.15) is 47.5 Å². The molecular weight excluding hydrogens is 238 g/mol. The molecule has 1 aromatic heterocycles. The van der Waals surface area contributed by atoms with Gasteiger partial charge in [-0.25, -0.2) is 0 Å². The lowest BCUT2D eigenvalue weighted by Crippen LogP contribution is -2.24. The second-order valence-corrected chi connectivity index (χ2v) is 6.27. The van der Waals surface area contributed by atoms with Gasteiger partial charge in [0.05, 0.1) is 5.69 Å². The molecule has 0 amide bonds. The third-order valence-electron chi connectivity index (χ3n) is 2.56. The molecule has 4 nitrogen and oxygen atoms in total. The quantitative estimate of drug-likeness (QED) is 0.770. The molecule has 1 rings (SSSR count). The summed E-state index contributed by atoms with van der Waals surface area (Å²) in [6, 6.07) is 3.72. The van der Waals surface area contributed by atoms with Crippen LogP contribution in [-0.2, 0) is 0 Å². The fourth-order valence-electron chi connectivity index (χ4n) is 1.65. The van der Waals surface area contributed by atoms with Crippen molar-refractivity contribution in [1.29, 1.82) is 0 Å². The average Bonchev–Trinajstić information content (AvgIpc) is 2.26. The van der Waals surface area contributed by atoms with Gasteiger partial charge in [-0.15, -0.1) is 0 Å². The lowest BCUT2D eigenvalue weighted by Gasteiger charge is -2.21. The van der Waals surface area contributed by atoms with Crippen LogP contribution in [0.5, 0.6) is 5.88 Å². The molecule has 0 aromatic carbocycles. The van der Waals surface area contributed by atoms with Gasteiger partial charge in [-0.05, 0) is 51.7 Å². The van der Waals surface area contributed by atoms with Crippen LogP contribution in [0.3, 0.4) is 0 Å². The van der Waals surface area contributed by atoms with Gasteiger partial charge in [-0.2, -0.15) is 4.98 Å². The highest BCUT2D eigenvalue weighted by molar-refractivity contribution is 5.53. The minimum absolute atomic E-state index is 0.294. The summed E-state index contributed by atoms with van der Waals surface area (Å²) >= 11 is 0. The van der Waals surface area contributed by atoms with Crippen molar-refractivity contribution in [3.05, 3.63) is 12.1 Å². The normalized spacial score (nSPS) is 11.7. The van der Waals surface area contributed by atoms with Crippen LogP contribution in [0.15, 0.2) is 12.1 Å². The number of anilines is 2. The summed E-state index contributed by atoms with van der Waals surface area (Å²) in [5.74, 6) is 2.06. The Kier molecular flexibility index (Phi) is 5.45. The zero-order valence-corrected chi connectivity index (χ0v) is 12.8. The Bertz CT molecular complexity index is 397. The monoisotopic (exact) mass is 265 g/mol. The highest BCUT2D eigenvalue weighted by Crippen LogP contribution is 2.24. The molecule has 0 unspecified atom stereocenters. The Balaban J connectivity index is 2.58. The van der Waals surface area contributed by atoms with Crippen molar-refractivity contribution < 1.29 is 4.74 Å². The molecule has 4 heteroatoms. The van der Waals surface area contributed by atoms with Gasteiger partial charge in [-0.3, -0.25) is 0 Å². The van der Waals surface area contributed by atoms with Crippen LogP contribution >= 0.6 is 0 Å². The Morgan fingerprint density at radius 2 is 2.00 bits per heavy atom. The molecule has 1 aromatic rings. The van der Waals surface area contributed by atoms with Gasteiger partial charge < -0.3 is 15.8 Å². The van der Waals surface area contributed by atoms with E-state index in [0.717, 1.165) is 24.7 Å². The molecule has 0 atom stereocenters. The van der Waals surface area contributed by atoms with Gasteiger partial charge in [0.15, 0.2) is 0 Å². The van der Waals surface area contributed by atoms with E-state index in [1.165, 1.54) is 6.42 Å². The van der Waals surface area contributed by atoms with Crippen LogP contribution in [0.2, 0.25) is 0 Å². The molecule has 0 spiro atoms. The lowest BCUT2D eigenvalue weighted by atomic mass is 10.1. The van der Waals surface area contributed by atoms with E-state index in [4.69, 9.17) is 10.5 Å². The molecule has 108 valence electrons. The van der Waals surface area contributed by atoms with Gasteiger partial charge in [-0.1, -0.05) is 13.8 Å². The van der Waals surface area contributed by atoms with Crippen molar-refractivity contribution in [2.24, 2.45) is 5.92 Å². The van der Waals surface area contributed by atoms with Crippen molar-refractivity contribution in [1.82, 2.24) is 4.98 Å². The third-order valence-corrected chi connectivity index (χ3v) is 2.56. The summed E-state index contributed by atoms with van der Waals surface area (Å²) in [6.45, 7) is 11.3. The van der Waals surface area contributed by atoms with Crippen LogP contribution in [0.4, 0.5) is 11.5 Å². The zero-order chi connectivity index (χ0) is 14.5. The Hall–Kier alpha value is -1.45. The lowest BCUT2D eigenvalue weighted by molar-refractivity contribution is 0.125. The van der Waals surface area contributed by atoms with Gasteiger partial charge in [0.25, 0.3) is 0 Å². The van der Waals surface area contributed by atoms with Crippen LogP contribution in [-0.4, -0.2) is 17.1 Å². The number of nitrogens with zero attached hydrogens (tertiary/aromatic N) is 1.